The van der Waals surface area contributed by atoms with E-state index < -0.39 is 12.6 Å². The lowest BCUT2D eigenvalue weighted by Gasteiger charge is -2.13. The molecule has 0 aliphatic rings. The minimum absolute atomic E-state index is 0.00528. The van der Waals surface area contributed by atoms with Crippen LogP contribution in [0.5, 0.6) is 5.88 Å². The largest absolute Gasteiger partial charge is 0.477 e. The first-order valence-electron chi connectivity index (χ1n) is 6.82. The number of halogens is 4. The molecule has 1 aromatic rings. The molecule has 1 N–H and O–H groups in total. The number of nitrogens with one attached hydrogen (secondary N) is 1. The molecule has 0 aromatic carbocycles. The summed E-state index contributed by atoms with van der Waals surface area (Å²) in [5.41, 5.74) is 0.831. The summed E-state index contributed by atoms with van der Waals surface area (Å²) in [4.78, 5) is 4.12. The van der Waals surface area contributed by atoms with Gasteiger partial charge < -0.3 is 10.1 Å². The molecule has 1 aromatic heterocycles. The Labute approximate surface area is 131 Å². The Morgan fingerprint density at radius 3 is 2.71 bits per heavy atom. The van der Waals surface area contributed by atoms with Gasteiger partial charge >= 0.3 is 6.18 Å². The van der Waals surface area contributed by atoms with Crippen LogP contribution in [-0.2, 0) is 6.54 Å². The second-order valence-electron chi connectivity index (χ2n) is 5.21. The SMILES string of the molecule is CC(C)CNCc1cc(Br)cnc1OCCCC(F)(F)F. The minimum Gasteiger partial charge on any atom is -0.477 e. The molecule has 1 heterocycles. The molecule has 0 unspecified atom stereocenters. The van der Waals surface area contributed by atoms with Crippen LogP contribution < -0.4 is 10.1 Å². The van der Waals surface area contributed by atoms with Crippen LogP contribution in [0.25, 0.3) is 0 Å². The smallest absolute Gasteiger partial charge is 0.389 e. The third-order valence-corrected chi connectivity index (χ3v) is 3.04. The molecule has 0 fully saturated rings. The van der Waals surface area contributed by atoms with Gasteiger partial charge in [0.1, 0.15) is 0 Å². The fraction of sp³-hybridized carbons (Fsp3) is 0.643. The van der Waals surface area contributed by atoms with Gasteiger partial charge in [0.2, 0.25) is 5.88 Å². The highest BCUT2D eigenvalue weighted by Crippen LogP contribution is 2.23. The Bertz CT molecular complexity index is 439. The summed E-state index contributed by atoms with van der Waals surface area (Å²) in [6.07, 6.45) is -3.48. The van der Waals surface area contributed by atoms with Crippen molar-refractivity contribution in [1.82, 2.24) is 10.3 Å². The second kappa shape index (κ2) is 8.58. The Balaban J connectivity index is 2.52. The van der Waals surface area contributed by atoms with Gasteiger partial charge in [0.25, 0.3) is 0 Å². The van der Waals surface area contributed by atoms with Gasteiger partial charge in [0, 0.05) is 29.2 Å². The molecule has 0 aliphatic carbocycles. The van der Waals surface area contributed by atoms with Gasteiger partial charge in [-0.25, -0.2) is 4.98 Å². The Morgan fingerprint density at radius 2 is 2.10 bits per heavy atom. The summed E-state index contributed by atoms with van der Waals surface area (Å²) in [5.74, 6) is 0.901. The highest BCUT2D eigenvalue weighted by Gasteiger charge is 2.26. The number of nitrogens with zero attached hydrogens (tertiary/aromatic N) is 1. The molecule has 0 aliphatic heterocycles. The summed E-state index contributed by atoms with van der Waals surface area (Å²) >= 11 is 3.33. The number of alkyl halides is 3. The maximum Gasteiger partial charge on any atom is 0.389 e. The molecule has 120 valence electrons. The van der Waals surface area contributed by atoms with E-state index >= 15 is 0 Å². The summed E-state index contributed by atoms with van der Waals surface area (Å²) in [6, 6.07) is 1.86. The van der Waals surface area contributed by atoms with E-state index in [2.05, 4.69) is 40.1 Å². The van der Waals surface area contributed by atoms with Crippen LogP contribution in [0, 0.1) is 5.92 Å². The first-order valence-corrected chi connectivity index (χ1v) is 7.62. The number of aromatic nitrogens is 1. The first kappa shape index (κ1) is 18.2. The number of pyridine rings is 1. The van der Waals surface area contributed by atoms with E-state index in [0.717, 1.165) is 16.6 Å². The van der Waals surface area contributed by atoms with E-state index in [4.69, 9.17) is 4.74 Å². The Kier molecular flexibility index (Phi) is 7.45. The lowest BCUT2D eigenvalue weighted by molar-refractivity contribution is -0.136. The van der Waals surface area contributed by atoms with Gasteiger partial charge in [-0.15, -0.1) is 0 Å². The van der Waals surface area contributed by atoms with E-state index in [1.807, 2.05) is 6.07 Å². The van der Waals surface area contributed by atoms with Crippen molar-refractivity contribution in [2.75, 3.05) is 13.2 Å². The average molecular weight is 369 g/mol. The van der Waals surface area contributed by atoms with E-state index in [1.165, 1.54) is 0 Å². The van der Waals surface area contributed by atoms with E-state index in [9.17, 15) is 13.2 Å². The van der Waals surface area contributed by atoms with Gasteiger partial charge in [0.15, 0.2) is 0 Å². The number of rotatable bonds is 8. The minimum atomic E-state index is -4.14. The molecular formula is C14H20BrF3N2O. The topological polar surface area (TPSA) is 34.2 Å². The van der Waals surface area contributed by atoms with Crippen molar-refractivity contribution in [2.24, 2.45) is 5.92 Å². The van der Waals surface area contributed by atoms with Crippen LogP contribution in [0.4, 0.5) is 13.2 Å². The average Bonchev–Trinajstić information content (AvgIpc) is 2.35. The van der Waals surface area contributed by atoms with Crippen LogP contribution in [0.15, 0.2) is 16.7 Å². The third-order valence-electron chi connectivity index (χ3n) is 2.60. The first-order chi connectivity index (χ1) is 9.78. The zero-order valence-electron chi connectivity index (χ0n) is 12.1. The van der Waals surface area contributed by atoms with Crippen LogP contribution in [0.2, 0.25) is 0 Å². The van der Waals surface area contributed by atoms with Crippen molar-refractivity contribution in [1.29, 1.82) is 0 Å². The molecule has 0 saturated heterocycles. The fourth-order valence-corrected chi connectivity index (χ4v) is 2.04. The maximum atomic E-state index is 12.1. The second-order valence-corrected chi connectivity index (χ2v) is 6.13. The lowest BCUT2D eigenvalue weighted by atomic mass is 10.2. The van der Waals surface area contributed by atoms with Crippen molar-refractivity contribution >= 4 is 15.9 Å². The van der Waals surface area contributed by atoms with Gasteiger partial charge in [0.05, 0.1) is 6.61 Å². The van der Waals surface area contributed by atoms with Gasteiger partial charge in [-0.3, -0.25) is 0 Å². The van der Waals surface area contributed by atoms with Crippen molar-refractivity contribution in [2.45, 2.75) is 39.4 Å². The predicted molar refractivity (Wildman–Crippen MR) is 79.3 cm³/mol. The number of hydrogen-bond acceptors (Lipinski definition) is 3. The lowest BCUT2D eigenvalue weighted by Crippen LogP contribution is -2.20. The van der Waals surface area contributed by atoms with Crippen LogP contribution in [0.1, 0.15) is 32.3 Å². The Hall–Kier alpha value is -0.820. The van der Waals surface area contributed by atoms with E-state index in [1.54, 1.807) is 6.20 Å². The molecule has 0 spiro atoms. The van der Waals surface area contributed by atoms with E-state index in [0.29, 0.717) is 18.3 Å². The molecule has 0 saturated carbocycles. The van der Waals surface area contributed by atoms with Gasteiger partial charge in [-0.1, -0.05) is 13.8 Å². The van der Waals surface area contributed by atoms with Crippen molar-refractivity contribution in [3.8, 4) is 5.88 Å². The third kappa shape index (κ3) is 8.26. The Morgan fingerprint density at radius 1 is 1.38 bits per heavy atom. The number of ether oxygens (including phenoxy) is 1. The standard InChI is InChI=1S/C14H20BrF3N2O/c1-10(2)7-19-8-11-6-12(15)9-20-13(11)21-5-3-4-14(16,17)18/h6,9-10,19H,3-5,7-8H2,1-2H3. The molecule has 7 heteroatoms. The summed E-state index contributed by atoms with van der Waals surface area (Å²) < 4.78 is 42.4. The zero-order valence-corrected chi connectivity index (χ0v) is 13.7. The van der Waals surface area contributed by atoms with Crippen LogP contribution in [0.3, 0.4) is 0 Å². The molecule has 0 amide bonds. The summed E-state index contributed by atoms with van der Waals surface area (Å²) in [7, 11) is 0. The molecule has 21 heavy (non-hydrogen) atoms. The molecule has 1 rings (SSSR count). The van der Waals surface area contributed by atoms with Gasteiger partial charge in [-0.05, 0) is 40.9 Å². The normalized spacial score (nSPS) is 12.0. The predicted octanol–water partition coefficient (Wildman–Crippen LogP) is 4.31. The fourth-order valence-electron chi connectivity index (χ4n) is 1.66. The molecule has 0 bridgehead atoms. The number of hydrogen-bond donors (Lipinski definition) is 1. The van der Waals surface area contributed by atoms with Gasteiger partial charge in [-0.2, -0.15) is 13.2 Å². The molecular weight excluding hydrogens is 349 g/mol. The monoisotopic (exact) mass is 368 g/mol. The highest BCUT2D eigenvalue weighted by molar-refractivity contribution is 9.10. The zero-order chi connectivity index (χ0) is 15.9. The van der Waals surface area contributed by atoms with Crippen molar-refractivity contribution in [3.05, 3.63) is 22.3 Å². The van der Waals surface area contributed by atoms with Crippen molar-refractivity contribution in [3.63, 3.8) is 0 Å². The molecule has 0 radical (unpaired) electrons. The summed E-state index contributed by atoms with van der Waals surface area (Å²) in [6.45, 7) is 5.62. The quantitative estimate of drug-likeness (QED) is 0.694. The van der Waals surface area contributed by atoms with Crippen LogP contribution in [-0.4, -0.2) is 24.3 Å². The van der Waals surface area contributed by atoms with Crippen LogP contribution >= 0.6 is 15.9 Å². The summed E-state index contributed by atoms with van der Waals surface area (Å²) in [5, 5.41) is 3.26. The molecule has 3 nitrogen and oxygen atoms in total. The highest BCUT2D eigenvalue weighted by atomic mass is 79.9. The maximum absolute atomic E-state index is 12.1. The van der Waals surface area contributed by atoms with Crippen molar-refractivity contribution < 1.29 is 17.9 Å². The van der Waals surface area contributed by atoms with E-state index in [-0.39, 0.29) is 13.0 Å². The molecule has 0 atom stereocenters.